The highest BCUT2D eigenvalue weighted by atomic mass is 32.1. The Morgan fingerprint density at radius 1 is 1.19 bits per heavy atom. The van der Waals surface area contributed by atoms with Crippen LogP contribution in [0.1, 0.15) is 54.6 Å². The highest BCUT2D eigenvalue weighted by Crippen LogP contribution is 2.19. The van der Waals surface area contributed by atoms with Gasteiger partial charge in [-0.15, -0.1) is 11.3 Å². The summed E-state index contributed by atoms with van der Waals surface area (Å²) >= 11 is 1.27. The fraction of sp³-hybridized carbons (Fsp3) is 0.444. The van der Waals surface area contributed by atoms with Crippen molar-refractivity contribution in [1.29, 1.82) is 0 Å². The molecular weight excluding hydrogens is 352 g/mol. The molecule has 0 atom stereocenters. The van der Waals surface area contributed by atoms with Gasteiger partial charge in [0.05, 0.1) is 17.7 Å². The zero-order valence-electron chi connectivity index (χ0n) is 14.4. The number of nitrogens with zero attached hydrogens (tertiary/aromatic N) is 1. The molecule has 0 aromatic carbocycles. The smallest absolute Gasteiger partial charge is 0.258 e. The number of amides is 2. The quantitative estimate of drug-likeness (QED) is 0.699. The number of H-pyrrole nitrogens is 1. The zero-order chi connectivity index (χ0) is 18.4. The van der Waals surface area contributed by atoms with Crippen LogP contribution in [0.15, 0.2) is 28.5 Å². The average molecular weight is 374 g/mol. The molecule has 2 heterocycles. The first-order valence-corrected chi connectivity index (χ1v) is 9.72. The molecular formula is C18H22N4O3S. The van der Waals surface area contributed by atoms with E-state index in [1.165, 1.54) is 55.3 Å². The van der Waals surface area contributed by atoms with Gasteiger partial charge in [-0.05, 0) is 18.9 Å². The lowest BCUT2D eigenvalue weighted by atomic mass is 10.1. The van der Waals surface area contributed by atoms with E-state index in [0.29, 0.717) is 16.4 Å². The van der Waals surface area contributed by atoms with Crippen LogP contribution in [0, 0.1) is 0 Å². The highest BCUT2D eigenvalue weighted by Gasteiger charge is 2.16. The number of carbonyl (C=O) groups is 2. The third kappa shape index (κ3) is 5.26. The number of hydrogen-bond acceptors (Lipinski definition) is 5. The minimum atomic E-state index is -0.356. The number of anilines is 1. The number of rotatable bonds is 5. The SMILES string of the molecule is O=C(Cc1csc(NC(=O)c2ccc(=O)[nH]c2)n1)NC1CCCCCC1. The summed E-state index contributed by atoms with van der Waals surface area (Å²) < 4.78 is 0. The topological polar surface area (TPSA) is 104 Å². The Balaban J connectivity index is 1.52. The lowest BCUT2D eigenvalue weighted by Crippen LogP contribution is -2.35. The molecule has 2 aromatic heterocycles. The zero-order valence-corrected chi connectivity index (χ0v) is 15.2. The lowest BCUT2D eigenvalue weighted by molar-refractivity contribution is -0.121. The van der Waals surface area contributed by atoms with Crippen LogP contribution in [0.2, 0.25) is 0 Å². The second-order valence-corrected chi connectivity index (χ2v) is 7.33. The molecule has 2 aromatic rings. The molecule has 3 rings (SSSR count). The largest absolute Gasteiger partial charge is 0.353 e. The van der Waals surface area contributed by atoms with Crippen molar-refractivity contribution >= 4 is 28.3 Å². The van der Waals surface area contributed by atoms with Gasteiger partial charge in [0.25, 0.3) is 5.91 Å². The molecule has 8 heteroatoms. The third-order valence-corrected chi connectivity index (χ3v) is 5.19. The van der Waals surface area contributed by atoms with Crippen LogP contribution in [0.4, 0.5) is 5.13 Å². The van der Waals surface area contributed by atoms with Crippen molar-refractivity contribution in [3.05, 3.63) is 45.3 Å². The summed E-state index contributed by atoms with van der Waals surface area (Å²) in [6.45, 7) is 0. The van der Waals surface area contributed by atoms with Crippen LogP contribution in [0.3, 0.4) is 0 Å². The minimum Gasteiger partial charge on any atom is -0.353 e. The van der Waals surface area contributed by atoms with E-state index in [0.717, 1.165) is 12.8 Å². The van der Waals surface area contributed by atoms with Crippen molar-refractivity contribution in [1.82, 2.24) is 15.3 Å². The molecule has 1 saturated carbocycles. The molecule has 0 radical (unpaired) electrons. The van der Waals surface area contributed by atoms with Gasteiger partial charge >= 0.3 is 0 Å². The molecule has 2 amide bonds. The fourth-order valence-electron chi connectivity index (χ4n) is 3.03. The first-order valence-electron chi connectivity index (χ1n) is 8.84. The first kappa shape index (κ1) is 18.3. The molecule has 3 N–H and O–H groups in total. The number of hydrogen-bond donors (Lipinski definition) is 3. The molecule has 0 spiro atoms. The van der Waals surface area contributed by atoms with Gasteiger partial charge in [-0.2, -0.15) is 0 Å². The standard InChI is InChI=1S/C18H22N4O3S/c23-15-8-7-12(10-19-15)17(25)22-18-21-14(11-26-18)9-16(24)20-13-5-3-1-2-4-6-13/h7-8,10-11,13H,1-6,9H2,(H,19,23)(H,20,24)(H,21,22,25). The molecule has 0 unspecified atom stereocenters. The second kappa shape index (κ2) is 8.75. The van der Waals surface area contributed by atoms with Gasteiger partial charge in [0, 0.05) is 23.7 Å². The van der Waals surface area contributed by atoms with Gasteiger partial charge in [0.15, 0.2) is 5.13 Å². The Labute approximate surface area is 155 Å². The van der Waals surface area contributed by atoms with Gasteiger partial charge in [-0.1, -0.05) is 25.7 Å². The number of thiazole rings is 1. The van der Waals surface area contributed by atoms with E-state index in [1.54, 1.807) is 5.38 Å². The van der Waals surface area contributed by atoms with Crippen LogP contribution >= 0.6 is 11.3 Å². The van der Waals surface area contributed by atoms with Crippen molar-refractivity contribution in [2.45, 2.75) is 51.0 Å². The number of aromatic amines is 1. The maximum absolute atomic E-state index is 12.2. The monoisotopic (exact) mass is 374 g/mol. The minimum absolute atomic E-state index is 0.0271. The Morgan fingerprint density at radius 2 is 1.96 bits per heavy atom. The first-order chi connectivity index (χ1) is 12.6. The van der Waals surface area contributed by atoms with Gasteiger partial charge < -0.3 is 10.3 Å². The summed E-state index contributed by atoms with van der Waals surface area (Å²) in [5, 5.41) is 7.97. The van der Waals surface area contributed by atoms with Gasteiger partial charge in [0.2, 0.25) is 11.5 Å². The van der Waals surface area contributed by atoms with Crippen LogP contribution in [0.5, 0.6) is 0 Å². The summed E-state index contributed by atoms with van der Waals surface area (Å²) in [7, 11) is 0. The average Bonchev–Trinajstić information content (AvgIpc) is 2.88. The van der Waals surface area contributed by atoms with Crippen molar-refractivity contribution in [2.24, 2.45) is 0 Å². The highest BCUT2D eigenvalue weighted by molar-refractivity contribution is 7.14. The molecule has 0 saturated heterocycles. The van der Waals surface area contributed by atoms with Gasteiger partial charge in [0.1, 0.15) is 0 Å². The normalized spacial score (nSPS) is 15.2. The van der Waals surface area contributed by atoms with Crippen LogP contribution < -0.4 is 16.2 Å². The number of carbonyl (C=O) groups excluding carboxylic acids is 2. The maximum Gasteiger partial charge on any atom is 0.258 e. The number of nitrogens with one attached hydrogen (secondary N) is 3. The molecule has 26 heavy (non-hydrogen) atoms. The summed E-state index contributed by atoms with van der Waals surface area (Å²) in [5.74, 6) is -0.384. The van der Waals surface area contributed by atoms with Crippen LogP contribution in [0.25, 0.3) is 0 Å². The molecule has 1 fully saturated rings. The Kier molecular flexibility index (Phi) is 6.17. The second-order valence-electron chi connectivity index (χ2n) is 6.47. The molecule has 7 nitrogen and oxygen atoms in total. The Bertz CT molecular complexity index is 801. The van der Waals surface area contributed by atoms with E-state index < -0.39 is 0 Å². The molecule has 138 valence electrons. The molecule has 0 bridgehead atoms. The summed E-state index contributed by atoms with van der Waals surface area (Å²) in [4.78, 5) is 42.1. The summed E-state index contributed by atoms with van der Waals surface area (Å²) in [6, 6.07) is 3.01. The number of aromatic nitrogens is 2. The Hall–Kier alpha value is -2.48. The fourth-order valence-corrected chi connectivity index (χ4v) is 3.74. The predicted octanol–water partition coefficient (Wildman–Crippen LogP) is 2.47. The van der Waals surface area contributed by atoms with Crippen molar-refractivity contribution in [3.63, 3.8) is 0 Å². The van der Waals surface area contributed by atoms with E-state index >= 15 is 0 Å². The van der Waals surface area contributed by atoms with E-state index in [9.17, 15) is 14.4 Å². The summed E-state index contributed by atoms with van der Waals surface area (Å²) in [5.41, 5.74) is 0.711. The molecule has 0 aliphatic heterocycles. The van der Waals surface area contributed by atoms with Gasteiger partial charge in [-0.25, -0.2) is 4.98 Å². The van der Waals surface area contributed by atoms with Crippen molar-refractivity contribution in [2.75, 3.05) is 5.32 Å². The van der Waals surface area contributed by atoms with Crippen LogP contribution in [-0.2, 0) is 11.2 Å². The number of pyridine rings is 1. The van der Waals surface area contributed by atoms with Gasteiger partial charge in [-0.3, -0.25) is 19.7 Å². The van der Waals surface area contributed by atoms with Crippen LogP contribution in [-0.4, -0.2) is 27.8 Å². The van der Waals surface area contributed by atoms with E-state index in [2.05, 4.69) is 20.6 Å². The summed E-state index contributed by atoms with van der Waals surface area (Å²) in [6.07, 6.45) is 8.49. The van der Waals surface area contributed by atoms with E-state index in [4.69, 9.17) is 0 Å². The Morgan fingerprint density at radius 3 is 2.65 bits per heavy atom. The third-order valence-electron chi connectivity index (χ3n) is 4.38. The lowest BCUT2D eigenvalue weighted by Gasteiger charge is -2.15. The maximum atomic E-state index is 12.2. The van der Waals surface area contributed by atoms with E-state index in [-0.39, 0.29) is 29.8 Å². The predicted molar refractivity (Wildman–Crippen MR) is 100 cm³/mol. The van der Waals surface area contributed by atoms with Crippen molar-refractivity contribution < 1.29 is 9.59 Å². The molecule has 1 aliphatic carbocycles. The van der Waals surface area contributed by atoms with E-state index in [1.807, 2.05) is 0 Å². The molecule has 1 aliphatic rings. The van der Waals surface area contributed by atoms with Crippen molar-refractivity contribution in [3.8, 4) is 0 Å².